The Morgan fingerprint density at radius 2 is 2.09 bits per heavy atom. The number of halogens is 1. The van der Waals surface area contributed by atoms with E-state index in [1.165, 1.54) is 0 Å². The number of benzene rings is 1. The summed E-state index contributed by atoms with van der Waals surface area (Å²) in [7, 11) is 1.72. The third kappa shape index (κ3) is 5.29. The van der Waals surface area contributed by atoms with Crippen molar-refractivity contribution >= 4 is 17.6 Å². The molecule has 1 aliphatic rings. The van der Waals surface area contributed by atoms with E-state index in [0.29, 0.717) is 17.3 Å². The van der Waals surface area contributed by atoms with E-state index in [-0.39, 0.29) is 18.2 Å². The molecular weight excluding hydrogens is 316 g/mol. The van der Waals surface area contributed by atoms with Gasteiger partial charge in [-0.1, -0.05) is 30.7 Å². The Morgan fingerprint density at radius 3 is 2.70 bits per heavy atom. The first kappa shape index (κ1) is 17.9. The minimum Gasteiger partial charge on any atom is -0.487 e. The number of para-hydroxylation sites is 1. The minimum atomic E-state index is -0.102. The Morgan fingerprint density at radius 1 is 1.39 bits per heavy atom. The zero-order valence-electron chi connectivity index (χ0n) is 13.8. The Hall–Kier alpha value is -1.46. The van der Waals surface area contributed by atoms with Crippen LogP contribution in [0.3, 0.4) is 0 Å². The summed E-state index contributed by atoms with van der Waals surface area (Å²) in [4.78, 5) is 14.1. The van der Waals surface area contributed by atoms with Gasteiger partial charge in [-0.15, -0.1) is 0 Å². The number of likely N-dealkylation sites (tertiary alicyclic amines) is 1. The molecule has 128 valence electrons. The van der Waals surface area contributed by atoms with Gasteiger partial charge in [-0.3, -0.25) is 0 Å². The van der Waals surface area contributed by atoms with Crippen molar-refractivity contribution in [2.75, 3.05) is 26.7 Å². The molecule has 1 aromatic carbocycles. The van der Waals surface area contributed by atoms with E-state index in [1.54, 1.807) is 13.2 Å². The molecule has 1 heterocycles. The summed E-state index contributed by atoms with van der Waals surface area (Å²) in [5, 5.41) is 3.54. The second kappa shape index (κ2) is 8.99. The number of amides is 2. The van der Waals surface area contributed by atoms with Crippen LogP contribution in [0.15, 0.2) is 24.3 Å². The molecule has 0 saturated carbocycles. The third-order valence-electron chi connectivity index (χ3n) is 4.13. The molecule has 1 unspecified atom stereocenters. The molecule has 23 heavy (non-hydrogen) atoms. The molecule has 1 aromatic rings. The maximum absolute atomic E-state index is 12.2. The van der Waals surface area contributed by atoms with E-state index in [2.05, 4.69) is 5.32 Å². The molecule has 6 heteroatoms. The quantitative estimate of drug-likeness (QED) is 0.864. The van der Waals surface area contributed by atoms with Gasteiger partial charge in [0.2, 0.25) is 0 Å². The Bertz CT molecular complexity index is 504. The minimum absolute atomic E-state index is 0.0410. The van der Waals surface area contributed by atoms with Crippen LogP contribution >= 0.6 is 11.6 Å². The number of hydrogen-bond donors (Lipinski definition) is 1. The molecule has 0 radical (unpaired) electrons. The van der Waals surface area contributed by atoms with Crippen molar-refractivity contribution in [3.05, 3.63) is 29.3 Å². The van der Waals surface area contributed by atoms with Crippen molar-refractivity contribution in [2.24, 2.45) is 0 Å². The second-order valence-corrected chi connectivity index (χ2v) is 6.09. The number of ether oxygens (including phenoxy) is 2. The Balaban J connectivity index is 1.79. The molecule has 0 spiro atoms. The first-order valence-corrected chi connectivity index (χ1v) is 8.48. The molecule has 2 rings (SSSR count). The first-order chi connectivity index (χ1) is 11.1. The predicted molar refractivity (Wildman–Crippen MR) is 91.2 cm³/mol. The van der Waals surface area contributed by atoms with E-state index in [0.717, 1.165) is 32.4 Å². The zero-order chi connectivity index (χ0) is 16.7. The van der Waals surface area contributed by atoms with Gasteiger partial charge < -0.3 is 19.7 Å². The number of carbonyl (C=O) groups is 1. The molecule has 0 bridgehead atoms. The largest absolute Gasteiger partial charge is 0.487 e. The van der Waals surface area contributed by atoms with Crippen LogP contribution < -0.4 is 10.1 Å². The third-order valence-corrected chi connectivity index (χ3v) is 4.44. The number of hydrogen-bond acceptors (Lipinski definition) is 3. The van der Waals surface area contributed by atoms with Crippen molar-refractivity contribution in [2.45, 2.75) is 38.4 Å². The maximum Gasteiger partial charge on any atom is 0.317 e. The predicted octanol–water partition coefficient (Wildman–Crippen LogP) is 3.32. The van der Waals surface area contributed by atoms with E-state index < -0.39 is 0 Å². The van der Waals surface area contributed by atoms with Gasteiger partial charge in [0, 0.05) is 20.2 Å². The van der Waals surface area contributed by atoms with E-state index >= 15 is 0 Å². The van der Waals surface area contributed by atoms with Crippen molar-refractivity contribution in [1.82, 2.24) is 10.2 Å². The highest BCUT2D eigenvalue weighted by atomic mass is 35.5. The van der Waals surface area contributed by atoms with Gasteiger partial charge >= 0.3 is 6.03 Å². The molecule has 2 amide bonds. The van der Waals surface area contributed by atoms with E-state index in [9.17, 15) is 4.79 Å². The van der Waals surface area contributed by atoms with Gasteiger partial charge in [0.25, 0.3) is 0 Å². The van der Waals surface area contributed by atoms with Crippen molar-refractivity contribution in [3.8, 4) is 5.75 Å². The fourth-order valence-corrected chi connectivity index (χ4v) is 2.78. The summed E-state index contributed by atoms with van der Waals surface area (Å²) >= 11 is 6.10. The Kier molecular flexibility index (Phi) is 6.99. The van der Waals surface area contributed by atoms with Crippen molar-refractivity contribution in [3.63, 3.8) is 0 Å². The van der Waals surface area contributed by atoms with Crippen LogP contribution in [0.2, 0.25) is 5.02 Å². The maximum atomic E-state index is 12.2. The van der Waals surface area contributed by atoms with E-state index in [1.807, 2.05) is 30.0 Å². The summed E-state index contributed by atoms with van der Waals surface area (Å²) in [5.41, 5.74) is 0. The number of urea groups is 1. The molecule has 1 fully saturated rings. The lowest BCUT2D eigenvalue weighted by molar-refractivity contribution is 0.0499. The monoisotopic (exact) mass is 340 g/mol. The van der Waals surface area contributed by atoms with Crippen molar-refractivity contribution in [1.29, 1.82) is 0 Å². The average Bonchev–Trinajstić information content (AvgIpc) is 2.60. The second-order valence-electron chi connectivity index (χ2n) is 5.69. The highest BCUT2D eigenvalue weighted by molar-refractivity contribution is 6.32. The molecular formula is C17H25ClN2O3. The highest BCUT2D eigenvalue weighted by Gasteiger charge is 2.23. The number of nitrogens with zero attached hydrogens (tertiary/aromatic N) is 1. The lowest BCUT2D eigenvalue weighted by Gasteiger charge is -2.31. The highest BCUT2D eigenvalue weighted by Crippen LogP contribution is 2.24. The van der Waals surface area contributed by atoms with E-state index in [4.69, 9.17) is 21.1 Å². The lowest BCUT2D eigenvalue weighted by Crippen LogP contribution is -2.48. The van der Waals surface area contributed by atoms with Crippen LogP contribution in [-0.2, 0) is 4.74 Å². The number of rotatable bonds is 6. The van der Waals surface area contributed by atoms with Crippen LogP contribution in [0.1, 0.15) is 26.2 Å². The molecule has 1 saturated heterocycles. The SMILES string of the molecule is CCC(CNC(=O)N1CCC(OC)CC1)Oc1ccccc1Cl. The van der Waals surface area contributed by atoms with Gasteiger partial charge in [0.05, 0.1) is 17.7 Å². The fraction of sp³-hybridized carbons (Fsp3) is 0.588. The fourth-order valence-electron chi connectivity index (χ4n) is 2.60. The molecule has 0 aliphatic carbocycles. The van der Waals surface area contributed by atoms with Crippen LogP contribution in [0, 0.1) is 0 Å². The van der Waals surface area contributed by atoms with Crippen LogP contribution in [0.4, 0.5) is 4.79 Å². The first-order valence-electron chi connectivity index (χ1n) is 8.10. The lowest BCUT2D eigenvalue weighted by atomic mass is 10.1. The molecule has 1 aliphatic heterocycles. The topological polar surface area (TPSA) is 50.8 Å². The number of piperidine rings is 1. The van der Waals surface area contributed by atoms with Crippen LogP contribution in [0.25, 0.3) is 0 Å². The standard InChI is InChI=1S/C17H25ClN2O3/c1-3-13(23-16-7-5-4-6-15(16)18)12-19-17(21)20-10-8-14(22-2)9-11-20/h4-7,13-14H,3,8-12H2,1-2H3,(H,19,21). The summed E-state index contributed by atoms with van der Waals surface area (Å²) in [6, 6.07) is 7.33. The number of methoxy groups -OCH3 is 1. The molecule has 5 nitrogen and oxygen atoms in total. The summed E-state index contributed by atoms with van der Waals surface area (Å²) in [6.07, 6.45) is 2.73. The number of nitrogens with one attached hydrogen (secondary N) is 1. The van der Waals surface area contributed by atoms with Crippen LogP contribution in [-0.4, -0.2) is 49.9 Å². The number of carbonyl (C=O) groups excluding carboxylic acids is 1. The summed E-state index contributed by atoms with van der Waals surface area (Å²) in [6.45, 7) is 3.95. The summed E-state index contributed by atoms with van der Waals surface area (Å²) < 4.78 is 11.2. The van der Waals surface area contributed by atoms with Gasteiger partial charge in [-0.05, 0) is 31.4 Å². The van der Waals surface area contributed by atoms with Crippen molar-refractivity contribution < 1.29 is 14.3 Å². The Labute approximate surface area is 142 Å². The van der Waals surface area contributed by atoms with Gasteiger partial charge in [0.1, 0.15) is 11.9 Å². The smallest absolute Gasteiger partial charge is 0.317 e. The summed E-state index contributed by atoms with van der Waals surface area (Å²) in [5.74, 6) is 0.649. The van der Waals surface area contributed by atoms with Gasteiger partial charge in [0.15, 0.2) is 0 Å². The molecule has 0 aromatic heterocycles. The van der Waals surface area contributed by atoms with Gasteiger partial charge in [-0.2, -0.15) is 0 Å². The van der Waals surface area contributed by atoms with Gasteiger partial charge in [-0.25, -0.2) is 4.79 Å². The normalized spacial score (nSPS) is 16.9. The zero-order valence-corrected chi connectivity index (χ0v) is 14.5. The molecule has 1 N–H and O–H groups in total. The molecule has 1 atom stereocenters. The average molecular weight is 341 g/mol. The van der Waals surface area contributed by atoms with Crippen LogP contribution in [0.5, 0.6) is 5.75 Å².